The topological polar surface area (TPSA) is 47.0 Å². The molecular formula is C14H23N3OS. The van der Waals surface area contributed by atoms with Crippen molar-refractivity contribution in [3.05, 3.63) is 22.8 Å². The van der Waals surface area contributed by atoms with Gasteiger partial charge in [-0.05, 0) is 13.8 Å². The zero-order chi connectivity index (χ0) is 13.8. The lowest BCUT2D eigenvalue weighted by Gasteiger charge is -2.22. The molecule has 106 valence electrons. The van der Waals surface area contributed by atoms with E-state index in [-0.39, 0.29) is 6.10 Å². The van der Waals surface area contributed by atoms with Gasteiger partial charge in [0.2, 0.25) is 0 Å². The van der Waals surface area contributed by atoms with Gasteiger partial charge in [-0.25, -0.2) is 9.97 Å². The summed E-state index contributed by atoms with van der Waals surface area (Å²) in [4.78, 5) is 9.29. The maximum atomic E-state index is 5.75. The lowest BCUT2D eigenvalue weighted by atomic mass is 10.1. The number of aryl methyl sites for hydroxylation is 2. The van der Waals surface area contributed by atoms with Crippen molar-refractivity contribution in [1.29, 1.82) is 0 Å². The van der Waals surface area contributed by atoms with E-state index < -0.39 is 0 Å². The number of hydrogen-bond acceptors (Lipinski definition) is 5. The summed E-state index contributed by atoms with van der Waals surface area (Å²) in [6, 6.07) is 0.469. The van der Waals surface area contributed by atoms with Crippen LogP contribution in [0.25, 0.3) is 0 Å². The summed E-state index contributed by atoms with van der Waals surface area (Å²) >= 11 is 1.91. The van der Waals surface area contributed by atoms with Crippen LogP contribution < -0.4 is 5.32 Å². The molecule has 1 atom stereocenters. The SMILES string of the molecule is Cc1nc(C2CSCCO2)nc(C)c1CNC(C)C. The second-order valence-corrected chi connectivity index (χ2v) is 6.35. The highest BCUT2D eigenvalue weighted by molar-refractivity contribution is 7.99. The van der Waals surface area contributed by atoms with Gasteiger partial charge in [0.1, 0.15) is 6.10 Å². The molecule has 1 saturated heterocycles. The fourth-order valence-electron chi connectivity index (χ4n) is 2.11. The molecule has 0 saturated carbocycles. The molecule has 19 heavy (non-hydrogen) atoms. The number of nitrogens with one attached hydrogen (secondary N) is 1. The Bertz CT molecular complexity index is 408. The average molecular weight is 281 g/mol. The molecule has 0 spiro atoms. The van der Waals surface area contributed by atoms with Crippen LogP contribution in [0.15, 0.2) is 0 Å². The molecule has 0 amide bonds. The van der Waals surface area contributed by atoms with E-state index in [2.05, 4.69) is 43.0 Å². The van der Waals surface area contributed by atoms with Gasteiger partial charge in [0.05, 0.1) is 6.61 Å². The monoisotopic (exact) mass is 281 g/mol. The normalized spacial score (nSPS) is 19.9. The zero-order valence-electron chi connectivity index (χ0n) is 12.2. The molecule has 1 fully saturated rings. The van der Waals surface area contributed by atoms with Crippen molar-refractivity contribution in [2.45, 2.75) is 46.4 Å². The van der Waals surface area contributed by atoms with Gasteiger partial charge < -0.3 is 10.1 Å². The van der Waals surface area contributed by atoms with Gasteiger partial charge in [0, 0.05) is 41.0 Å². The summed E-state index contributed by atoms with van der Waals surface area (Å²) in [5.41, 5.74) is 3.34. The third-order valence-electron chi connectivity index (χ3n) is 3.23. The minimum atomic E-state index is 0.0586. The van der Waals surface area contributed by atoms with Crippen molar-refractivity contribution in [3.63, 3.8) is 0 Å². The van der Waals surface area contributed by atoms with Gasteiger partial charge in [-0.2, -0.15) is 11.8 Å². The Morgan fingerprint density at radius 3 is 2.53 bits per heavy atom. The van der Waals surface area contributed by atoms with E-state index in [1.807, 2.05) is 11.8 Å². The fraction of sp³-hybridized carbons (Fsp3) is 0.714. The van der Waals surface area contributed by atoms with Crippen molar-refractivity contribution in [1.82, 2.24) is 15.3 Å². The first-order valence-electron chi connectivity index (χ1n) is 6.84. The Labute approximate surface area is 119 Å². The molecule has 5 heteroatoms. The molecule has 1 N–H and O–H groups in total. The first-order chi connectivity index (χ1) is 9.08. The minimum Gasteiger partial charge on any atom is -0.368 e. The van der Waals surface area contributed by atoms with E-state index in [0.717, 1.165) is 41.9 Å². The van der Waals surface area contributed by atoms with Crippen molar-refractivity contribution in [3.8, 4) is 0 Å². The molecule has 2 heterocycles. The molecular weight excluding hydrogens is 258 g/mol. The third kappa shape index (κ3) is 3.91. The third-order valence-corrected chi connectivity index (χ3v) is 4.22. The van der Waals surface area contributed by atoms with Gasteiger partial charge in [-0.1, -0.05) is 13.8 Å². The number of nitrogens with zero attached hydrogens (tertiary/aromatic N) is 2. The number of rotatable bonds is 4. The smallest absolute Gasteiger partial charge is 0.158 e. The van der Waals surface area contributed by atoms with Crippen molar-refractivity contribution >= 4 is 11.8 Å². The lowest BCUT2D eigenvalue weighted by Crippen LogP contribution is -2.24. The van der Waals surface area contributed by atoms with Gasteiger partial charge in [0.25, 0.3) is 0 Å². The van der Waals surface area contributed by atoms with E-state index in [1.54, 1.807) is 0 Å². The molecule has 2 rings (SSSR count). The Balaban J connectivity index is 2.15. The Morgan fingerprint density at radius 1 is 1.32 bits per heavy atom. The quantitative estimate of drug-likeness (QED) is 0.918. The van der Waals surface area contributed by atoms with Crippen LogP contribution in [-0.2, 0) is 11.3 Å². The van der Waals surface area contributed by atoms with Crippen LogP contribution in [0.3, 0.4) is 0 Å². The first kappa shape index (κ1) is 14.8. The molecule has 0 aromatic carbocycles. The highest BCUT2D eigenvalue weighted by atomic mass is 32.2. The van der Waals surface area contributed by atoms with Crippen LogP contribution in [0.1, 0.15) is 42.7 Å². The van der Waals surface area contributed by atoms with Crippen LogP contribution >= 0.6 is 11.8 Å². The van der Waals surface area contributed by atoms with E-state index in [0.29, 0.717) is 6.04 Å². The maximum absolute atomic E-state index is 5.75. The van der Waals surface area contributed by atoms with Crippen molar-refractivity contribution < 1.29 is 4.74 Å². The van der Waals surface area contributed by atoms with Gasteiger partial charge in [0.15, 0.2) is 5.82 Å². The number of hydrogen-bond donors (Lipinski definition) is 1. The second-order valence-electron chi connectivity index (χ2n) is 5.20. The Morgan fingerprint density at radius 2 is 2.00 bits per heavy atom. The number of thioether (sulfide) groups is 1. The van der Waals surface area contributed by atoms with Gasteiger partial charge >= 0.3 is 0 Å². The van der Waals surface area contributed by atoms with Gasteiger partial charge in [-0.15, -0.1) is 0 Å². The lowest BCUT2D eigenvalue weighted by molar-refractivity contribution is 0.0691. The summed E-state index contributed by atoms with van der Waals surface area (Å²) in [7, 11) is 0. The van der Waals surface area contributed by atoms with Crippen LogP contribution in [-0.4, -0.2) is 34.1 Å². The summed E-state index contributed by atoms with van der Waals surface area (Å²) in [5, 5.41) is 3.43. The zero-order valence-corrected chi connectivity index (χ0v) is 13.0. The van der Waals surface area contributed by atoms with E-state index in [1.165, 1.54) is 5.56 Å². The largest absolute Gasteiger partial charge is 0.368 e. The van der Waals surface area contributed by atoms with Gasteiger partial charge in [-0.3, -0.25) is 0 Å². The molecule has 4 nitrogen and oxygen atoms in total. The predicted octanol–water partition coefficient (Wildman–Crippen LogP) is 2.40. The van der Waals surface area contributed by atoms with Crippen LogP contribution in [0, 0.1) is 13.8 Å². The highest BCUT2D eigenvalue weighted by Crippen LogP contribution is 2.25. The minimum absolute atomic E-state index is 0.0586. The molecule has 1 aromatic rings. The molecule has 1 aromatic heterocycles. The number of ether oxygens (including phenoxy) is 1. The van der Waals surface area contributed by atoms with Crippen molar-refractivity contribution in [2.24, 2.45) is 0 Å². The van der Waals surface area contributed by atoms with Crippen LogP contribution in [0.4, 0.5) is 0 Å². The fourth-order valence-corrected chi connectivity index (χ4v) is 2.95. The summed E-state index contributed by atoms with van der Waals surface area (Å²) in [6.07, 6.45) is 0.0586. The van der Waals surface area contributed by atoms with Crippen LogP contribution in [0.5, 0.6) is 0 Å². The van der Waals surface area contributed by atoms with E-state index >= 15 is 0 Å². The van der Waals surface area contributed by atoms with E-state index in [9.17, 15) is 0 Å². The second kappa shape index (κ2) is 6.68. The molecule has 1 aliphatic heterocycles. The molecule has 0 aliphatic carbocycles. The maximum Gasteiger partial charge on any atom is 0.158 e. The van der Waals surface area contributed by atoms with Crippen LogP contribution in [0.2, 0.25) is 0 Å². The summed E-state index contributed by atoms with van der Waals surface area (Å²) in [5.74, 6) is 2.88. The molecule has 0 radical (unpaired) electrons. The average Bonchev–Trinajstić information content (AvgIpc) is 2.38. The molecule has 1 aliphatic rings. The molecule has 1 unspecified atom stereocenters. The summed E-state index contributed by atoms with van der Waals surface area (Å²) < 4.78 is 5.75. The Kier molecular flexibility index (Phi) is 5.19. The summed E-state index contributed by atoms with van der Waals surface area (Å²) in [6.45, 7) is 10.0. The van der Waals surface area contributed by atoms with E-state index in [4.69, 9.17) is 4.74 Å². The Hall–Kier alpha value is -0.650. The first-order valence-corrected chi connectivity index (χ1v) is 8.00. The number of aromatic nitrogens is 2. The predicted molar refractivity (Wildman–Crippen MR) is 79.5 cm³/mol. The molecule has 0 bridgehead atoms. The standard InChI is InChI=1S/C14H23N3OS/c1-9(2)15-7-12-10(3)16-14(17-11(12)4)13-8-19-6-5-18-13/h9,13,15H,5-8H2,1-4H3. The van der Waals surface area contributed by atoms with Crippen molar-refractivity contribution in [2.75, 3.05) is 18.1 Å². The highest BCUT2D eigenvalue weighted by Gasteiger charge is 2.21.